The zero-order valence-corrected chi connectivity index (χ0v) is 7.09. The summed E-state index contributed by atoms with van der Waals surface area (Å²) in [6.45, 7) is 4.68. The van der Waals surface area contributed by atoms with Gasteiger partial charge in [-0.3, -0.25) is 4.79 Å². The number of nitrogens with one attached hydrogen (secondary N) is 1. The molecule has 1 fully saturated rings. The molecular formula is C8H15NO2. The monoisotopic (exact) mass is 157 g/mol. The van der Waals surface area contributed by atoms with Crippen LogP contribution in [0.3, 0.4) is 0 Å². The van der Waals surface area contributed by atoms with Gasteiger partial charge in [0.25, 0.3) is 0 Å². The van der Waals surface area contributed by atoms with Crippen LogP contribution in [0.5, 0.6) is 0 Å². The highest BCUT2D eigenvalue weighted by Crippen LogP contribution is 2.07. The van der Waals surface area contributed by atoms with Gasteiger partial charge in [0, 0.05) is 0 Å². The lowest BCUT2D eigenvalue weighted by Crippen LogP contribution is -2.33. The van der Waals surface area contributed by atoms with Crippen molar-refractivity contribution in [3.05, 3.63) is 0 Å². The van der Waals surface area contributed by atoms with Crippen molar-refractivity contribution in [2.75, 3.05) is 6.54 Å². The molecule has 3 nitrogen and oxygen atoms in total. The van der Waals surface area contributed by atoms with Gasteiger partial charge in [-0.05, 0) is 33.2 Å². The summed E-state index contributed by atoms with van der Waals surface area (Å²) in [7, 11) is 0. The lowest BCUT2D eigenvalue weighted by molar-refractivity contribution is -0.149. The molecule has 11 heavy (non-hydrogen) atoms. The molecule has 1 saturated heterocycles. The van der Waals surface area contributed by atoms with Gasteiger partial charge >= 0.3 is 5.97 Å². The molecule has 1 rings (SSSR count). The number of ether oxygens (including phenoxy) is 1. The van der Waals surface area contributed by atoms with E-state index in [-0.39, 0.29) is 18.1 Å². The van der Waals surface area contributed by atoms with Crippen LogP contribution >= 0.6 is 0 Å². The van der Waals surface area contributed by atoms with Crippen LogP contribution in [0.25, 0.3) is 0 Å². The van der Waals surface area contributed by atoms with Crippen LogP contribution in [0.4, 0.5) is 0 Å². The fourth-order valence-corrected chi connectivity index (χ4v) is 1.20. The van der Waals surface area contributed by atoms with Crippen molar-refractivity contribution in [1.29, 1.82) is 0 Å². The van der Waals surface area contributed by atoms with E-state index in [4.69, 9.17) is 4.74 Å². The molecule has 0 bridgehead atoms. The maximum Gasteiger partial charge on any atom is 0.323 e. The largest absolute Gasteiger partial charge is 0.462 e. The number of hydrogen-bond acceptors (Lipinski definition) is 3. The molecule has 0 aliphatic carbocycles. The van der Waals surface area contributed by atoms with E-state index in [1.54, 1.807) is 0 Å². The Morgan fingerprint density at radius 1 is 1.64 bits per heavy atom. The highest BCUT2D eigenvalue weighted by Gasteiger charge is 2.23. The van der Waals surface area contributed by atoms with Crippen LogP contribution in [0, 0.1) is 0 Å². The molecule has 1 heterocycles. The van der Waals surface area contributed by atoms with Gasteiger partial charge in [0.2, 0.25) is 0 Å². The second-order valence-electron chi connectivity index (χ2n) is 3.13. The Bertz CT molecular complexity index is 139. The molecule has 0 aromatic heterocycles. The Balaban J connectivity index is 2.28. The maximum absolute atomic E-state index is 11.2. The third-order valence-electron chi connectivity index (χ3n) is 1.70. The molecule has 1 aliphatic rings. The summed E-state index contributed by atoms with van der Waals surface area (Å²) in [6.07, 6.45) is 2.01. The summed E-state index contributed by atoms with van der Waals surface area (Å²) < 4.78 is 5.03. The van der Waals surface area contributed by atoms with Crippen LogP contribution in [0.1, 0.15) is 26.7 Å². The van der Waals surface area contributed by atoms with Crippen molar-refractivity contribution in [2.45, 2.75) is 38.8 Å². The first-order chi connectivity index (χ1) is 5.20. The van der Waals surface area contributed by atoms with Crippen LogP contribution in [0.15, 0.2) is 0 Å². The fourth-order valence-electron chi connectivity index (χ4n) is 1.20. The molecule has 0 saturated carbocycles. The van der Waals surface area contributed by atoms with Crippen molar-refractivity contribution in [1.82, 2.24) is 5.32 Å². The van der Waals surface area contributed by atoms with Gasteiger partial charge < -0.3 is 10.1 Å². The smallest absolute Gasteiger partial charge is 0.323 e. The summed E-state index contributed by atoms with van der Waals surface area (Å²) in [5.74, 6) is -0.0995. The van der Waals surface area contributed by atoms with Gasteiger partial charge in [-0.15, -0.1) is 0 Å². The van der Waals surface area contributed by atoms with Gasteiger partial charge in [0.15, 0.2) is 0 Å². The highest BCUT2D eigenvalue weighted by atomic mass is 16.5. The Morgan fingerprint density at radius 3 is 2.82 bits per heavy atom. The lowest BCUT2D eigenvalue weighted by atomic mass is 10.2. The number of rotatable bonds is 2. The average Bonchev–Trinajstić information content (AvgIpc) is 2.35. The van der Waals surface area contributed by atoms with Crippen molar-refractivity contribution >= 4 is 5.97 Å². The minimum absolute atomic E-state index is 0.00454. The molecule has 1 atom stereocenters. The predicted molar refractivity (Wildman–Crippen MR) is 42.3 cm³/mol. The van der Waals surface area contributed by atoms with Crippen LogP contribution < -0.4 is 5.32 Å². The Labute approximate surface area is 67.1 Å². The standard InChI is InChI=1S/C8H15NO2/c1-6(2)11-8(10)7-4-3-5-9-7/h6-7,9H,3-5H2,1-2H3/t7-/m0/s1. The first kappa shape index (κ1) is 8.53. The molecule has 0 unspecified atom stereocenters. The van der Waals surface area contributed by atoms with E-state index in [1.165, 1.54) is 0 Å². The molecule has 0 aromatic carbocycles. The first-order valence-corrected chi connectivity index (χ1v) is 4.14. The van der Waals surface area contributed by atoms with E-state index in [1.807, 2.05) is 13.8 Å². The first-order valence-electron chi connectivity index (χ1n) is 4.14. The Kier molecular flexibility index (Phi) is 2.88. The zero-order valence-electron chi connectivity index (χ0n) is 7.09. The third kappa shape index (κ3) is 2.50. The third-order valence-corrected chi connectivity index (χ3v) is 1.70. The number of carbonyl (C=O) groups is 1. The van der Waals surface area contributed by atoms with Gasteiger partial charge in [-0.25, -0.2) is 0 Å². The number of carbonyl (C=O) groups excluding carboxylic acids is 1. The zero-order chi connectivity index (χ0) is 8.27. The van der Waals surface area contributed by atoms with Crippen molar-refractivity contribution in [3.63, 3.8) is 0 Å². The van der Waals surface area contributed by atoms with E-state index in [2.05, 4.69) is 5.32 Å². The van der Waals surface area contributed by atoms with Gasteiger partial charge in [-0.1, -0.05) is 0 Å². The van der Waals surface area contributed by atoms with Crippen molar-refractivity contribution < 1.29 is 9.53 Å². The van der Waals surface area contributed by atoms with Crippen LogP contribution in [-0.2, 0) is 9.53 Å². The molecule has 0 amide bonds. The Hall–Kier alpha value is -0.570. The molecule has 64 valence electrons. The summed E-state index contributed by atoms with van der Waals surface area (Å²) in [4.78, 5) is 11.2. The molecular weight excluding hydrogens is 142 g/mol. The second-order valence-corrected chi connectivity index (χ2v) is 3.13. The molecule has 1 aliphatic heterocycles. The highest BCUT2D eigenvalue weighted by molar-refractivity contribution is 5.76. The molecule has 0 radical (unpaired) electrons. The minimum Gasteiger partial charge on any atom is -0.462 e. The van der Waals surface area contributed by atoms with Crippen molar-refractivity contribution in [2.24, 2.45) is 0 Å². The summed E-state index contributed by atoms with van der Waals surface area (Å²) in [5, 5.41) is 3.09. The molecule has 3 heteroatoms. The molecule has 1 N–H and O–H groups in total. The van der Waals surface area contributed by atoms with Gasteiger partial charge in [0.1, 0.15) is 6.04 Å². The maximum atomic E-state index is 11.2. The van der Waals surface area contributed by atoms with E-state index in [9.17, 15) is 4.79 Å². The van der Waals surface area contributed by atoms with E-state index in [0.717, 1.165) is 19.4 Å². The Morgan fingerprint density at radius 2 is 2.36 bits per heavy atom. The summed E-state index contributed by atoms with van der Waals surface area (Å²) in [6, 6.07) is -0.0441. The lowest BCUT2D eigenvalue weighted by Gasteiger charge is -2.12. The summed E-state index contributed by atoms with van der Waals surface area (Å²) >= 11 is 0. The quantitative estimate of drug-likeness (QED) is 0.599. The fraction of sp³-hybridized carbons (Fsp3) is 0.875. The average molecular weight is 157 g/mol. The SMILES string of the molecule is CC(C)OC(=O)[C@@H]1CCCN1. The van der Waals surface area contributed by atoms with E-state index in [0.29, 0.717) is 0 Å². The van der Waals surface area contributed by atoms with Gasteiger partial charge in [0.05, 0.1) is 6.10 Å². The topological polar surface area (TPSA) is 38.3 Å². The normalized spacial score (nSPS) is 24.1. The second kappa shape index (κ2) is 3.72. The molecule has 0 aromatic rings. The van der Waals surface area contributed by atoms with Crippen LogP contribution in [0.2, 0.25) is 0 Å². The van der Waals surface area contributed by atoms with Crippen molar-refractivity contribution in [3.8, 4) is 0 Å². The van der Waals surface area contributed by atoms with Gasteiger partial charge in [-0.2, -0.15) is 0 Å². The van der Waals surface area contributed by atoms with E-state index >= 15 is 0 Å². The number of esters is 1. The number of hydrogen-bond donors (Lipinski definition) is 1. The summed E-state index contributed by atoms with van der Waals surface area (Å²) in [5.41, 5.74) is 0. The van der Waals surface area contributed by atoms with Crippen LogP contribution in [-0.4, -0.2) is 24.7 Å². The van der Waals surface area contributed by atoms with E-state index < -0.39 is 0 Å². The minimum atomic E-state index is -0.0995. The predicted octanol–water partition coefficient (Wildman–Crippen LogP) is 0.690. The molecule has 0 spiro atoms.